The molecule has 0 radical (unpaired) electrons. The SMILES string of the molecule is CC(C)(CC(O)(CNC1=C(O)CC(=O)C(O)=C1)C(F)(F)F)c1cc(F)ccc1O. The highest BCUT2D eigenvalue weighted by atomic mass is 19.4. The van der Waals surface area contributed by atoms with Gasteiger partial charge in [-0.25, -0.2) is 4.39 Å². The predicted octanol–water partition coefficient (Wildman–Crippen LogP) is 3.27. The van der Waals surface area contributed by atoms with Crippen LogP contribution >= 0.6 is 0 Å². The van der Waals surface area contributed by atoms with Gasteiger partial charge in [0.05, 0.1) is 18.7 Å². The summed E-state index contributed by atoms with van der Waals surface area (Å²) in [6.45, 7) is 1.48. The molecule has 160 valence electrons. The highest BCUT2D eigenvalue weighted by Crippen LogP contribution is 2.43. The Bertz CT molecular complexity index is 876. The van der Waals surface area contributed by atoms with E-state index in [0.29, 0.717) is 0 Å². The molecule has 1 aliphatic rings. The molecule has 0 aliphatic heterocycles. The van der Waals surface area contributed by atoms with Crippen molar-refractivity contribution in [1.82, 2.24) is 5.32 Å². The van der Waals surface area contributed by atoms with Crippen molar-refractivity contribution in [3.8, 4) is 5.75 Å². The summed E-state index contributed by atoms with van der Waals surface area (Å²) in [5.41, 5.74) is -5.32. The average molecular weight is 419 g/mol. The number of aromatic hydroxyl groups is 1. The predicted molar refractivity (Wildman–Crippen MR) is 94.7 cm³/mol. The van der Waals surface area contributed by atoms with Gasteiger partial charge >= 0.3 is 6.18 Å². The Labute approximate surface area is 163 Å². The summed E-state index contributed by atoms with van der Waals surface area (Å²) in [7, 11) is 0. The largest absolute Gasteiger partial charge is 0.510 e. The number of halogens is 4. The van der Waals surface area contributed by atoms with E-state index >= 15 is 0 Å². The van der Waals surface area contributed by atoms with E-state index in [-0.39, 0.29) is 11.3 Å². The Hall–Kier alpha value is -2.75. The van der Waals surface area contributed by atoms with Crippen molar-refractivity contribution in [2.75, 3.05) is 6.54 Å². The molecule has 0 heterocycles. The molecule has 0 spiro atoms. The maximum absolute atomic E-state index is 13.7. The van der Waals surface area contributed by atoms with Crippen LogP contribution in [0.25, 0.3) is 0 Å². The van der Waals surface area contributed by atoms with Gasteiger partial charge in [-0.15, -0.1) is 0 Å². The number of alkyl halides is 3. The van der Waals surface area contributed by atoms with Crippen LogP contribution in [0.2, 0.25) is 0 Å². The van der Waals surface area contributed by atoms with Crippen LogP contribution in [0, 0.1) is 5.82 Å². The normalized spacial score (nSPS) is 17.8. The number of aliphatic hydroxyl groups is 3. The van der Waals surface area contributed by atoms with E-state index in [1.165, 1.54) is 13.8 Å². The summed E-state index contributed by atoms with van der Waals surface area (Å²) in [4.78, 5) is 11.3. The van der Waals surface area contributed by atoms with Crippen LogP contribution in [0.15, 0.2) is 41.5 Å². The minimum Gasteiger partial charge on any atom is -0.510 e. The van der Waals surface area contributed by atoms with E-state index in [2.05, 4.69) is 5.32 Å². The number of rotatable bonds is 6. The number of phenolic OH excluding ortho intramolecular Hbond substituents is 1. The number of allylic oxidation sites excluding steroid dienone is 3. The molecule has 5 N–H and O–H groups in total. The molecule has 0 fully saturated rings. The van der Waals surface area contributed by atoms with Gasteiger partial charge in [-0.1, -0.05) is 13.8 Å². The van der Waals surface area contributed by atoms with Gasteiger partial charge in [0.25, 0.3) is 0 Å². The van der Waals surface area contributed by atoms with Gasteiger partial charge in [-0.05, 0) is 30.0 Å². The molecule has 0 aromatic heterocycles. The molecule has 0 saturated heterocycles. The monoisotopic (exact) mass is 419 g/mol. The summed E-state index contributed by atoms with van der Waals surface area (Å²) < 4.78 is 54.6. The quantitative estimate of drug-likeness (QED) is 0.453. The number of Topliss-reactive ketones (excluding diaryl/α,β-unsaturated/α-hetero) is 1. The van der Waals surface area contributed by atoms with Crippen molar-refractivity contribution in [1.29, 1.82) is 0 Å². The van der Waals surface area contributed by atoms with Crippen molar-refractivity contribution in [3.63, 3.8) is 0 Å². The molecule has 1 aromatic rings. The van der Waals surface area contributed by atoms with Gasteiger partial charge < -0.3 is 25.7 Å². The second-order valence-corrected chi connectivity index (χ2v) is 7.59. The number of phenols is 1. The molecule has 10 heteroatoms. The number of nitrogens with one attached hydrogen (secondary N) is 1. The highest BCUT2D eigenvalue weighted by molar-refractivity contribution is 5.96. The molecule has 1 unspecified atom stereocenters. The molecular formula is C19H21F4NO5. The van der Waals surface area contributed by atoms with Gasteiger partial charge in [-0.3, -0.25) is 4.79 Å². The smallest absolute Gasteiger partial charge is 0.418 e. The molecule has 0 saturated carbocycles. The lowest BCUT2D eigenvalue weighted by atomic mass is 9.74. The third-order valence-corrected chi connectivity index (χ3v) is 4.73. The third-order valence-electron chi connectivity index (χ3n) is 4.73. The fourth-order valence-electron chi connectivity index (χ4n) is 3.17. The minimum absolute atomic E-state index is 0.122. The van der Waals surface area contributed by atoms with Crippen LogP contribution in [0.4, 0.5) is 17.6 Å². The summed E-state index contributed by atoms with van der Waals surface area (Å²) in [5.74, 6) is -3.32. The Morgan fingerprint density at radius 2 is 1.76 bits per heavy atom. The molecule has 0 amide bonds. The molecule has 1 atom stereocenters. The number of ketones is 1. The van der Waals surface area contributed by atoms with Crippen LogP contribution in [0.5, 0.6) is 5.75 Å². The first-order valence-corrected chi connectivity index (χ1v) is 8.54. The maximum Gasteiger partial charge on any atom is 0.418 e. The number of hydrogen-bond acceptors (Lipinski definition) is 6. The standard InChI is InChI=1S/C19H21F4NO5/c1-17(2,11-5-10(20)3-4-13(11)25)8-18(29,19(21,22)23)9-24-12-6-15(27)16(28)7-14(12)26/h3-6,24-27,29H,7-9H2,1-2H3. The van der Waals surface area contributed by atoms with Crippen molar-refractivity contribution in [2.45, 2.75) is 43.9 Å². The summed E-state index contributed by atoms with van der Waals surface area (Å²) in [6.07, 6.45) is -5.93. The lowest BCUT2D eigenvalue weighted by molar-refractivity contribution is -0.264. The lowest BCUT2D eigenvalue weighted by Crippen LogP contribution is -2.55. The first kappa shape index (κ1) is 22.5. The first-order chi connectivity index (χ1) is 13.2. The Balaban J connectivity index is 2.32. The number of aliphatic hydroxyl groups excluding tert-OH is 2. The molecule has 1 aromatic carbocycles. The number of carbonyl (C=O) groups excluding carboxylic acids is 1. The second kappa shape index (κ2) is 7.58. The Morgan fingerprint density at radius 3 is 2.34 bits per heavy atom. The highest BCUT2D eigenvalue weighted by Gasteiger charge is 2.56. The van der Waals surface area contributed by atoms with E-state index in [1.54, 1.807) is 0 Å². The second-order valence-electron chi connectivity index (χ2n) is 7.59. The van der Waals surface area contributed by atoms with E-state index < -0.39 is 65.4 Å². The van der Waals surface area contributed by atoms with Gasteiger partial charge in [-0.2, -0.15) is 13.2 Å². The number of carbonyl (C=O) groups is 1. The fraction of sp³-hybridized carbons (Fsp3) is 0.421. The van der Waals surface area contributed by atoms with Crippen LogP contribution in [-0.2, 0) is 10.2 Å². The van der Waals surface area contributed by atoms with Gasteiger partial charge in [0.1, 0.15) is 17.3 Å². The van der Waals surface area contributed by atoms with Crippen LogP contribution in [0.3, 0.4) is 0 Å². The van der Waals surface area contributed by atoms with Crippen LogP contribution < -0.4 is 5.32 Å². The fourth-order valence-corrected chi connectivity index (χ4v) is 3.17. The summed E-state index contributed by atoms with van der Waals surface area (Å²) in [5, 5.41) is 41.7. The van der Waals surface area contributed by atoms with Crippen LogP contribution in [0.1, 0.15) is 32.3 Å². The number of benzene rings is 1. The lowest BCUT2D eigenvalue weighted by Gasteiger charge is -2.38. The Kier molecular flexibility index (Phi) is 5.89. The molecule has 6 nitrogen and oxygen atoms in total. The van der Waals surface area contributed by atoms with Gasteiger partial charge in [0.2, 0.25) is 5.78 Å². The Morgan fingerprint density at radius 1 is 1.14 bits per heavy atom. The van der Waals surface area contributed by atoms with Crippen molar-refractivity contribution < 1.29 is 42.8 Å². The van der Waals surface area contributed by atoms with E-state index in [4.69, 9.17) is 0 Å². The van der Waals surface area contributed by atoms with E-state index in [0.717, 1.165) is 24.3 Å². The van der Waals surface area contributed by atoms with Crippen molar-refractivity contribution in [3.05, 3.63) is 52.9 Å². The zero-order chi connectivity index (χ0) is 22.2. The molecule has 0 bridgehead atoms. The minimum atomic E-state index is -5.13. The molecule has 2 rings (SSSR count). The van der Waals surface area contributed by atoms with Crippen LogP contribution in [-0.4, -0.2) is 44.5 Å². The summed E-state index contributed by atoms with van der Waals surface area (Å²) in [6, 6.07) is 2.85. The zero-order valence-corrected chi connectivity index (χ0v) is 15.6. The van der Waals surface area contributed by atoms with Gasteiger partial charge in [0, 0.05) is 11.6 Å². The topological polar surface area (TPSA) is 110 Å². The molecule has 1 aliphatic carbocycles. The molecule has 29 heavy (non-hydrogen) atoms. The first-order valence-electron chi connectivity index (χ1n) is 8.54. The van der Waals surface area contributed by atoms with Crippen molar-refractivity contribution >= 4 is 5.78 Å². The molecular weight excluding hydrogens is 398 g/mol. The average Bonchev–Trinajstić information content (AvgIpc) is 2.57. The zero-order valence-electron chi connectivity index (χ0n) is 15.6. The third kappa shape index (κ3) is 4.81. The van der Waals surface area contributed by atoms with E-state index in [9.17, 15) is 42.8 Å². The van der Waals surface area contributed by atoms with Gasteiger partial charge in [0.15, 0.2) is 11.4 Å². The summed E-state index contributed by atoms with van der Waals surface area (Å²) >= 11 is 0. The maximum atomic E-state index is 13.7. The number of hydrogen-bond donors (Lipinski definition) is 5. The van der Waals surface area contributed by atoms with E-state index in [1.807, 2.05) is 0 Å². The van der Waals surface area contributed by atoms with Crippen molar-refractivity contribution in [2.24, 2.45) is 0 Å².